The van der Waals surface area contributed by atoms with Crippen LogP contribution in [0.25, 0.3) is 0 Å². The predicted octanol–water partition coefficient (Wildman–Crippen LogP) is 5.09. The Kier molecular flexibility index (Phi) is 7.35. The van der Waals surface area contributed by atoms with Crippen LogP contribution in [0, 0.1) is 13.8 Å². The van der Waals surface area contributed by atoms with Crippen LogP contribution < -0.4 is 5.32 Å². The molecule has 0 saturated carbocycles. The van der Waals surface area contributed by atoms with Crippen molar-refractivity contribution < 1.29 is 23.9 Å². The number of halogens is 4. The first kappa shape index (κ1) is 24.3. The molecular weight excluding hydrogens is 502 g/mol. The molecule has 1 aliphatic rings. The molecule has 0 aliphatic carbocycles. The number of benzene rings is 2. The molecule has 0 radical (unpaired) electrons. The number of imide groups is 1. The highest BCUT2D eigenvalue weighted by atomic mass is 35.5. The number of nitrogens with one attached hydrogen (secondary N) is 1. The van der Waals surface area contributed by atoms with Gasteiger partial charge in [0.1, 0.15) is 0 Å². The van der Waals surface area contributed by atoms with Gasteiger partial charge in [-0.2, -0.15) is 0 Å². The molecule has 2 aromatic rings. The van der Waals surface area contributed by atoms with Gasteiger partial charge in [0.15, 0.2) is 6.61 Å². The highest BCUT2D eigenvalue weighted by Crippen LogP contribution is 2.44. The molecule has 0 bridgehead atoms. The van der Waals surface area contributed by atoms with Crippen LogP contribution >= 0.6 is 46.4 Å². The minimum atomic E-state index is -0.773. The van der Waals surface area contributed by atoms with Crippen LogP contribution in [-0.2, 0) is 14.3 Å². The van der Waals surface area contributed by atoms with E-state index in [0.717, 1.165) is 16.0 Å². The third-order valence-electron chi connectivity index (χ3n) is 4.74. The predicted molar refractivity (Wildman–Crippen MR) is 122 cm³/mol. The molecule has 0 aromatic heterocycles. The van der Waals surface area contributed by atoms with Crippen LogP contribution in [-0.4, -0.2) is 41.7 Å². The lowest BCUT2D eigenvalue weighted by molar-refractivity contribution is -0.147. The number of anilines is 1. The SMILES string of the molecule is Cc1ccc(NC(=O)COC(=O)CCN2C(=O)c3c(Cl)c(Cl)c(Cl)c(Cl)c3C2=O)c(C)c1. The lowest BCUT2D eigenvalue weighted by atomic mass is 10.1. The normalized spacial score (nSPS) is 12.8. The molecule has 7 nitrogen and oxygen atoms in total. The molecule has 0 fully saturated rings. The van der Waals surface area contributed by atoms with Crippen molar-refractivity contribution in [3.8, 4) is 0 Å². The van der Waals surface area contributed by atoms with Crippen molar-refractivity contribution in [1.82, 2.24) is 4.90 Å². The number of aryl methyl sites for hydroxylation is 2. The van der Waals surface area contributed by atoms with Crippen molar-refractivity contribution in [2.24, 2.45) is 0 Å². The topological polar surface area (TPSA) is 92.8 Å². The largest absolute Gasteiger partial charge is 0.456 e. The van der Waals surface area contributed by atoms with Gasteiger partial charge in [-0.05, 0) is 25.5 Å². The summed E-state index contributed by atoms with van der Waals surface area (Å²) in [7, 11) is 0. The molecule has 0 spiro atoms. The van der Waals surface area contributed by atoms with Gasteiger partial charge in [0.2, 0.25) is 0 Å². The maximum absolute atomic E-state index is 12.6. The number of carbonyl (C=O) groups excluding carboxylic acids is 4. The summed E-state index contributed by atoms with van der Waals surface area (Å²) in [6.07, 6.45) is -0.334. The number of rotatable bonds is 6. The summed E-state index contributed by atoms with van der Waals surface area (Å²) < 4.78 is 4.94. The van der Waals surface area contributed by atoms with Gasteiger partial charge in [-0.15, -0.1) is 0 Å². The standard InChI is InChI=1S/C21H16Cl4N2O5/c1-9-3-4-11(10(2)7-9)26-12(28)8-32-13(29)5-6-27-20(30)14-15(21(27)31)17(23)19(25)18(24)16(14)22/h3-4,7H,5-6,8H2,1-2H3,(H,26,28). The summed E-state index contributed by atoms with van der Waals surface area (Å²) in [5, 5.41) is 1.98. The Morgan fingerprint density at radius 3 is 2.03 bits per heavy atom. The van der Waals surface area contributed by atoms with E-state index in [1.165, 1.54) is 0 Å². The van der Waals surface area contributed by atoms with Crippen molar-refractivity contribution >= 4 is 75.8 Å². The number of hydrogen-bond acceptors (Lipinski definition) is 5. The summed E-state index contributed by atoms with van der Waals surface area (Å²) in [4.78, 5) is 50.1. The highest BCUT2D eigenvalue weighted by molar-refractivity contribution is 6.55. The monoisotopic (exact) mass is 516 g/mol. The molecule has 0 saturated heterocycles. The number of nitrogens with zero attached hydrogens (tertiary/aromatic N) is 1. The lowest BCUT2D eigenvalue weighted by Gasteiger charge is -2.13. The zero-order valence-electron chi connectivity index (χ0n) is 16.9. The second-order valence-electron chi connectivity index (χ2n) is 7.05. The molecule has 3 amide bonds. The number of carbonyl (C=O) groups is 4. The Hall–Kier alpha value is -2.32. The number of fused-ring (bicyclic) bond motifs is 1. The maximum atomic E-state index is 12.6. The first-order chi connectivity index (χ1) is 15.0. The summed E-state index contributed by atoms with van der Waals surface area (Å²) >= 11 is 24.0. The van der Waals surface area contributed by atoms with Crippen LogP contribution in [0.5, 0.6) is 0 Å². The molecule has 0 atom stereocenters. The fourth-order valence-electron chi connectivity index (χ4n) is 3.16. The van der Waals surface area contributed by atoms with Crippen molar-refractivity contribution in [3.05, 3.63) is 60.5 Å². The molecule has 1 heterocycles. The number of esters is 1. The van der Waals surface area contributed by atoms with Crippen molar-refractivity contribution in [2.45, 2.75) is 20.3 Å². The zero-order valence-corrected chi connectivity index (χ0v) is 19.9. The summed E-state index contributed by atoms with van der Waals surface area (Å²) in [5.41, 5.74) is 2.18. The van der Waals surface area contributed by atoms with E-state index in [1.807, 2.05) is 26.0 Å². The second kappa shape index (κ2) is 9.67. The van der Waals surface area contributed by atoms with E-state index in [9.17, 15) is 19.2 Å². The van der Waals surface area contributed by atoms with Gasteiger partial charge in [-0.3, -0.25) is 24.1 Å². The van der Waals surface area contributed by atoms with Crippen LogP contribution in [0.15, 0.2) is 18.2 Å². The van der Waals surface area contributed by atoms with E-state index in [2.05, 4.69) is 5.32 Å². The van der Waals surface area contributed by atoms with Gasteiger partial charge in [-0.1, -0.05) is 64.1 Å². The van der Waals surface area contributed by atoms with E-state index in [4.69, 9.17) is 51.1 Å². The van der Waals surface area contributed by atoms with Crippen LogP contribution in [0.3, 0.4) is 0 Å². The Morgan fingerprint density at radius 2 is 1.50 bits per heavy atom. The molecule has 1 aliphatic heterocycles. The first-order valence-corrected chi connectivity index (χ1v) is 10.8. The average Bonchev–Trinajstić information content (AvgIpc) is 2.99. The molecule has 32 heavy (non-hydrogen) atoms. The van der Waals surface area contributed by atoms with E-state index < -0.39 is 30.3 Å². The average molecular weight is 518 g/mol. The minimum absolute atomic E-state index is 0.144. The zero-order chi connectivity index (χ0) is 23.7. The van der Waals surface area contributed by atoms with Gasteiger partial charge in [0.05, 0.1) is 37.6 Å². The first-order valence-electron chi connectivity index (χ1n) is 9.27. The molecule has 2 aromatic carbocycles. The van der Waals surface area contributed by atoms with E-state index in [1.54, 1.807) is 6.07 Å². The number of amides is 3. The Morgan fingerprint density at radius 1 is 0.938 bits per heavy atom. The Balaban J connectivity index is 1.57. The third-order valence-corrected chi connectivity index (χ3v) is 6.55. The molecule has 168 valence electrons. The van der Waals surface area contributed by atoms with E-state index in [0.29, 0.717) is 5.69 Å². The summed E-state index contributed by atoms with van der Waals surface area (Å²) in [5.74, 6) is -2.80. The van der Waals surface area contributed by atoms with Gasteiger partial charge in [0.25, 0.3) is 17.7 Å². The molecule has 0 unspecified atom stereocenters. The smallest absolute Gasteiger partial charge is 0.308 e. The lowest BCUT2D eigenvalue weighted by Crippen LogP contribution is -2.32. The third kappa shape index (κ3) is 4.71. The van der Waals surface area contributed by atoms with E-state index in [-0.39, 0.29) is 44.2 Å². The highest BCUT2D eigenvalue weighted by Gasteiger charge is 2.41. The van der Waals surface area contributed by atoms with Crippen LogP contribution in [0.2, 0.25) is 20.1 Å². The van der Waals surface area contributed by atoms with E-state index >= 15 is 0 Å². The number of ether oxygens (including phenoxy) is 1. The van der Waals surface area contributed by atoms with Gasteiger partial charge in [-0.25, -0.2) is 0 Å². The van der Waals surface area contributed by atoms with Crippen molar-refractivity contribution in [1.29, 1.82) is 0 Å². The van der Waals surface area contributed by atoms with Crippen LogP contribution in [0.4, 0.5) is 5.69 Å². The van der Waals surface area contributed by atoms with Crippen LogP contribution in [0.1, 0.15) is 38.3 Å². The molecule has 1 N–H and O–H groups in total. The molecule has 11 heteroatoms. The molecular formula is C21H16Cl4N2O5. The van der Waals surface area contributed by atoms with Gasteiger partial charge < -0.3 is 10.1 Å². The van der Waals surface area contributed by atoms with Gasteiger partial charge in [0, 0.05) is 12.2 Å². The second-order valence-corrected chi connectivity index (χ2v) is 8.56. The number of hydrogen-bond donors (Lipinski definition) is 1. The van der Waals surface area contributed by atoms with Crippen molar-refractivity contribution in [3.63, 3.8) is 0 Å². The maximum Gasteiger partial charge on any atom is 0.308 e. The minimum Gasteiger partial charge on any atom is -0.456 e. The Labute approximate surface area is 203 Å². The van der Waals surface area contributed by atoms with Crippen molar-refractivity contribution in [2.75, 3.05) is 18.5 Å². The Bertz CT molecular complexity index is 1120. The summed E-state index contributed by atoms with van der Waals surface area (Å²) in [6.45, 7) is 2.96. The van der Waals surface area contributed by atoms with Gasteiger partial charge >= 0.3 is 5.97 Å². The molecule has 3 rings (SSSR count). The fraction of sp³-hybridized carbons (Fsp3) is 0.238. The summed E-state index contributed by atoms with van der Waals surface area (Å²) in [6, 6.07) is 5.50. The fourth-order valence-corrected chi connectivity index (χ4v) is 4.17. The quantitative estimate of drug-likeness (QED) is 0.249.